The topological polar surface area (TPSA) is 71.2 Å². The van der Waals surface area contributed by atoms with Crippen LogP contribution in [-0.4, -0.2) is 41.1 Å². The van der Waals surface area contributed by atoms with Gasteiger partial charge in [-0.2, -0.15) is 15.0 Å². The smallest absolute Gasteiger partial charge is 0.231 e. The molecule has 1 saturated heterocycles. The van der Waals surface area contributed by atoms with Crippen LogP contribution in [0.2, 0.25) is 0 Å². The molecule has 0 amide bonds. The van der Waals surface area contributed by atoms with Gasteiger partial charge in [0.25, 0.3) is 0 Å². The zero-order valence-electron chi connectivity index (χ0n) is 12.0. The number of hydrogen-bond donors (Lipinski definition) is 1. The fraction of sp³-hybridized carbons (Fsp3) is 0.769. The summed E-state index contributed by atoms with van der Waals surface area (Å²) < 4.78 is 0. The van der Waals surface area contributed by atoms with Gasteiger partial charge in [-0.1, -0.05) is 13.3 Å². The van der Waals surface area contributed by atoms with E-state index in [0.717, 1.165) is 45.0 Å². The molecule has 106 valence electrons. The van der Waals surface area contributed by atoms with Crippen LogP contribution >= 0.6 is 0 Å². The van der Waals surface area contributed by atoms with E-state index in [4.69, 9.17) is 5.73 Å². The Bertz CT molecular complexity index is 402. The molecular formula is C13H24N6. The largest absolute Gasteiger partial charge is 0.368 e. The van der Waals surface area contributed by atoms with E-state index in [2.05, 4.69) is 38.6 Å². The maximum atomic E-state index is 5.83. The monoisotopic (exact) mass is 264 g/mol. The van der Waals surface area contributed by atoms with E-state index >= 15 is 0 Å². The lowest BCUT2D eigenvalue weighted by molar-refractivity contribution is 0.709. The van der Waals surface area contributed by atoms with Crippen molar-refractivity contribution in [1.82, 2.24) is 15.0 Å². The predicted molar refractivity (Wildman–Crippen MR) is 78.5 cm³/mol. The Labute approximate surface area is 115 Å². The number of anilines is 3. The Morgan fingerprint density at radius 2 is 1.89 bits per heavy atom. The molecule has 19 heavy (non-hydrogen) atoms. The molecule has 2 heterocycles. The van der Waals surface area contributed by atoms with Crippen molar-refractivity contribution in [2.24, 2.45) is 0 Å². The van der Waals surface area contributed by atoms with Crippen LogP contribution in [0.3, 0.4) is 0 Å². The molecule has 0 saturated carbocycles. The average molecular weight is 264 g/mol. The Morgan fingerprint density at radius 3 is 2.53 bits per heavy atom. The van der Waals surface area contributed by atoms with Crippen LogP contribution in [0.15, 0.2) is 0 Å². The van der Waals surface area contributed by atoms with Crippen LogP contribution < -0.4 is 15.5 Å². The van der Waals surface area contributed by atoms with Gasteiger partial charge in [0, 0.05) is 26.2 Å². The van der Waals surface area contributed by atoms with Crippen LogP contribution in [0.25, 0.3) is 0 Å². The van der Waals surface area contributed by atoms with Crippen molar-refractivity contribution in [2.75, 3.05) is 41.7 Å². The van der Waals surface area contributed by atoms with E-state index in [9.17, 15) is 0 Å². The van der Waals surface area contributed by atoms with Crippen molar-refractivity contribution in [3.05, 3.63) is 0 Å². The molecule has 0 unspecified atom stereocenters. The molecule has 1 fully saturated rings. The molecule has 0 atom stereocenters. The molecule has 6 nitrogen and oxygen atoms in total. The zero-order valence-corrected chi connectivity index (χ0v) is 12.0. The third-order valence-electron chi connectivity index (χ3n) is 3.46. The molecule has 1 aromatic rings. The third-order valence-corrected chi connectivity index (χ3v) is 3.46. The first-order valence-electron chi connectivity index (χ1n) is 7.26. The van der Waals surface area contributed by atoms with E-state index in [1.807, 2.05) is 0 Å². The summed E-state index contributed by atoms with van der Waals surface area (Å²) >= 11 is 0. The SMILES string of the molecule is CCCCN(CC)c1nc(N)nc(N2CCCC2)n1. The summed E-state index contributed by atoms with van der Waals surface area (Å²) in [6, 6.07) is 0. The van der Waals surface area contributed by atoms with E-state index < -0.39 is 0 Å². The standard InChI is InChI=1S/C13H24N6/c1-3-5-8-18(4-2)12-15-11(14)16-13(17-12)19-9-6-7-10-19/h3-10H2,1-2H3,(H2,14,15,16,17). The van der Waals surface area contributed by atoms with Crippen molar-refractivity contribution >= 4 is 17.8 Å². The van der Waals surface area contributed by atoms with Gasteiger partial charge in [0.05, 0.1) is 0 Å². The van der Waals surface area contributed by atoms with Gasteiger partial charge in [0.1, 0.15) is 0 Å². The first-order valence-corrected chi connectivity index (χ1v) is 7.26. The molecule has 0 aliphatic carbocycles. The minimum absolute atomic E-state index is 0.321. The van der Waals surface area contributed by atoms with E-state index in [1.54, 1.807) is 0 Å². The Morgan fingerprint density at radius 1 is 1.16 bits per heavy atom. The van der Waals surface area contributed by atoms with Crippen molar-refractivity contribution in [1.29, 1.82) is 0 Å². The molecule has 0 radical (unpaired) electrons. The van der Waals surface area contributed by atoms with Crippen LogP contribution in [0.5, 0.6) is 0 Å². The van der Waals surface area contributed by atoms with Gasteiger partial charge in [-0.05, 0) is 26.2 Å². The highest BCUT2D eigenvalue weighted by Crippen LogP contribution is 2.19. The molecule has 6 heteroatoms. The lowest BCUT2D eigenvalue weighted by Crippen LogP contribution is -2.28. The summed E-state index contributed by atoms with van der Waals surface area (Å²) in [5.41, 5.74) is 5.83. The first kappa shape index (κ1) is 13.8. The minimum Gasteiger partial charge on any atom is -0.368 e. The summed E-state index contributed by atoms with van der Waals surface area (Å²) in [6.07, 6.45) is 4.71. The number of aromatic nitrogens is 3. The molecule has 0 spiro atoms. The van der Waals surface area contributed by atoms with E-state index in [-0.39, 0.29) is 0 Å². The summed E-state index contributed by atoms with van der Waals surface area (Å²) in [4.78, 5) is 17.5. The second-order valence-electron chi connectivity index (χ2n) is 4.92. The van der Waals surface area contributed by atoms with Gasteiger partial charge in [0.15, 0.2) is 0 Å². The molecule has 2 rings (SSSR count). The van der Waals surface area contributed by atoms with Gasteiger partial charge in [-0.15, -0.1) is 0 Å². The fourth-order valence-electron chi connectivity index (χ4n) is 2.32. The van der Waals surface area contributed by atoms with E-state index in [0.29, 0.717) is 11.9 Å². The number of nitrogens with zero attached hydrogens (tertiary/aromatic N) is 5. The molecule has 1 aromatic heterocycles. The average Bonchev–Trinajstić information content (AvgIpc) is 2.93. The Balaban J connectivity index is 2.18. The number of unbranched alkanes of at least 4 members (excludes halogenated alkanes) is 1. The molecule has 1 aliphatic rings. The van der Waals surface area contributed by atoms with Gasteiger partial charge in [-0.3, -0.25) is 0 Å². The molecule has 0 bridgehead atoms. The van der Waals surface area contributed by atoms with Crippen LogP contribution in [0, 0.1) is 0 Å². The summed E-state index contributed by atoms with van der Waals surface area (Å²) in [5.74, 6) is 1.77. The molecule has 0 aromatic carbocycles. The maximum Gasteiger partial charge on any atom is 0.231 e. The number of rotatable bonds is 6. The molecule has 2 N–H and O–H groups in total. The second kappa shape index (κ2) is 6.54. The van der Waals surface area contributed by atoms with Crippen molar-refractivity contribution in [3.8, 4) is 0 Å². The zero-order chi connectivity index (χ0) is 13.7. The lowest BCUT2D eigenvalue weighted by atomic mass is 10.3. The van der Waals surface area contributed by atoms with Crippen molar-refractivity contribution in [2.45, 2.75) is 39.5 Å². The number of hydrogen-bond acceptors (Lipinski definition) is 6. The fourth-order valence-corrected chi connectivity index (χ4v) is 2.32. The third kappa shape index (κ3) is 3.45. The lowest BCUT2D eigenvalue weighted by Gasteiger charge is -2.22. The van der Waals surface area contributed by atoms with Gasteiger partial charge >= 0.3 is 0 Å². The van der Waals surface area contributed by atoms with Crippen molar-refractivity contribution in [3.63, 3.8) is 0 Å². The highest BCUT2D eigenvalue weighted by atomic mass is 15.4. The number of nitrogens with two attached hydrogens (primary N) is 1. The summed E-state index contributed by atoms with van der Waals surface area (Å²) in [7, 11) is 0. The Hall–Kier alpha value is -1.59. The van der Waals surface area contributed by atoms with Crippen LogP contribution in [0.4, 0.5) is 17.8 Å². The summed E-state index contributed by atoms with van der Waals surface area (Å²) in [5, 5.41) is 0. The van der Waals surface area contributed by atoms with Crippen LogP contribution in [-0.2, 0) is 0 Å². The first-order chi connectivity index (χ1) is 9.24. The molecular weight excluding hydrogens is 240 g/mol. The highest BCUT2D eigenvalue weighted by molar-refractivity contribution is 5.43. The highest BCUT2D eigenvalue weighted by Gasteiger charge is 2.18. The second-order valence-corrected chi connectivity index (χ2v) is 4.92. The quantitative estimate of drug-likeness (QED) is 0.843. The minimum atomic E-state index is 0.321. The summed E-state index contributed by atoms with van der Waals surface area (Å²) in [6.45, 7) is 8.20. The predicted octanol–water partition coefficient (Wildman–Crippen LogP) is 1.68. The van der Waals surface area contributed by atoms with Gasteiger partial charge in [-0.25, -0.2) is 0 Å². The van der Waals surface area contributed by atoms with Crippen LogP contribution in [0.1, 0.15) is 39.5 Å². The van der Waals surface area contributed by atoms with E-state index in [1.165, 1.54) is 12.8 Å². The van der Waals surface area contributed by atoms with Gasteiger partial charge in [0.2, 0.25) is 17.8 Å². The normalized spacial score (nSPS) is 14.9. The Kier molecular flexibility index (Phi) is 4.76. The maximum absolute atomic E-state index is 5.83. The van der Waals surface area contributed by atoms with Gasteiger partial charge < -0.3 is 15.5 Å². The van der Waals surface area contributed by atoms with Crippen molar-refractivity contribution < 1.29 is 0 Å². The number of nitrogen functional groups attached to an aromatic ring is 1. The molecule has 1 aliphatic heterocycles.